The largest absolute Gasteiger partial charge is 3.00 e. The molecule has 1 N–H and O–H groups in total. The maximum atomic E-state index is 6.65. The fourth-order valence-electron chi connectivity index (χ4n) is 3.80. The van der Waals surface area contributed by atoms with Crippen molar-refractivity contribution in [1.82, 2.24) is 0 Å². The zero-order chi connectivity index (χ0) is 20.7. The van der Waals surface area contributed by atoms with Gasteiger partial charge in [0.1, 0.15) is 0 Å². The van der Waals surface area contributed by atoms with Crippen LogP contribution in [0.4, 0.5) is 5.69 Å². The van der Waals surface area contributed by atoms with E-state index in [2.05, 4.69) is 96.0 Å². The number of anilines is 1. The second kappa shape index (κ2) is 11.4. The summed E-state index contributed by atoms with van der Waals surface area (Å²) in [6.07, 6.45) is 5.86. The number of hydrogen-bond donors (Lipinski definition) is 1. The molecule has 0 bridgehead atoms. The van der Waals surface area contributed by atoms with Gasteiger partial charge >= 0.3 is 21.7 Å². The molecule has 0 fully saturated rings. The third-order valence-electron chi connectivity index (χ3n) is 4.74. The minimum Gasteiger partial charge on any atom is -1.00 e. The second-order valence-electron chi connectivity index (χ2n) is 9.84. The molecule has 0 amide bonds. The fraction of sp³-hybridized carbons (Fsp3) is 0.440. The Morgan fingerprint density at radius 2 is 1.68 bits per heavy atom. The van der Waals surface area contributed by atoms with Gasteiger partial charge in [0.25, 0.3) is 0 Å². The first-order valence-electron chi connectivity index (χ1n) is 10.4. The van der Waals surface area contributed by atoms with Crippen LogP contribution in [-0.4, -0.2) is 13.9 Å². The molecule has 0 aromatic heterocycles. The minimum absolute atomic E-state index is 0. The molecule has 1 radical (unpaired) electrons. The number of fused-ring (bicyclic) bond motifs is 2. The molecule has 0 spiro atoms. The maximum absolute atomic E-state index is 6.65. The average molecular weight is 511 g/mol. The molecule has 0 unspecified atom stereocenters. The van der Waals surface area contributed by atoms with Crippen LogP contribution in [0.15, 0.2) is 30.3 Å². The van der Waals surface area contributed by atoms with Crippen LogP contribution >= 0.6 is 0 Å². The Morgan fingerprint density at radius 3 is 2.23 bits per heavy atom. The summed E-state index contributed by atoms with van der Waals surface area (Å²) in [5.74, 6) is 1.02. The van der Waals surface area contributed by atoms with Gasteiger partial charge in [-0.05, 0) is 59.4 Å². The van der Waals surface area contributed by atoms with Crippen LogP contribution < -0.4 is 45.0 Å². The Morgan fingerprint density at radius 1 is 1.06 bits per heavy atom. The maximum Gasteiger partial charge on any atom is 3.00 e. The van der Waals surface area contributed by atoms with Gasteiger partial charge in [0.2, 0.25) is 8.32 Å². The van der Waals surface area contributed by atoms with E-state index >= 15 is 0 Å². The van der Waals surface area contributed by atoms with E-state index in [0.29, 0.717) is 0 Å². The standard InChI is InChI=1S/C25H34NOSi.2ClH.Ti/c1-9-12-17(2)23-22(27-28(6,7)8)16-20-19-14-11-10-13-18(19)15-21(20)24(23)26-25(3,4)5;;;/h10-11,13-14,16,26H,9,12H2,1-8H3;2*1H;/q-1;;;+3/p-2. The van der Waals surface area contributed by atoms with Gasteiger partial charge in [-0.3, -0.25) is 0 Å². The molecule has 0 atom stereocenters. The molecule has 0 aliphatic heterocycles. The number of hydrogen-bond acceptors (Lipinski definition) is 2. The van der Waals surface area contributed by atoms with Crippen LogP contribution in [0.2, 0.25) is 19.6 Å². The van der Waals surface area contributed by atoms with Crippen LogP contribution in [0.5, 0.6) is 5.75 Å². The quantitative estimate of drug-likeness (QED) is 0.365. The second-order valence-corrected chi connectivity index (χ2v) is 14.3. The van der Waals surface area contributed by atoms with E-state index in [1.807, 2.05) is 0 Å². The molecule has 6 heteroatoms. The zero-order valence-corrected chi connectivity index (χ0v) is 24.0. The average Bonchev–Trinajstić information content (AvgIpc) is 2.91. The summed E-state index contributed by atoms with van der Waals surface area (Å²) in [6, 6.07) is 10.8. The Kier molecular flexibility index (Phi) is 11.2. The van der Waals surface area contributed by atoms with E-state index in [1.54, 1.807) is 0 Å². The molecule has 0 saturated carbocycles. The van der Waals surface area contributed by atoms with Crippen molar-refractivity contribution < 1.29 is 51.0 Å². The molecular formula is C25H34Cl2NOSiTi. The summed E-state index contributed by atoms with van der Waals surface area (Å²) in [7, 11) is -1.77. The molecule has 0 saturated heterocycles. The van der Waals surface area contributed by atoms with Crippen molar-refractivity contribution in [2.24, 2.45) is 0 Å². The molecule has 167 valence electrons. The van der Waals surface area contributed by atoms with Crippen LogP contribution in [-0.2, 0) is 21.7 Å². The van der Waals surface area contributed by atoms with Crippen molar-refractivity contribution in [2.75, 3.05) is 5.32 Å². The molecule has 31 heavy (non-hydrogen) atoms. The Balaban J connectivity index is 0.00000300. The van der Waals surface area contributed by atoms with E-state index in [4.69, 9.17) is 4.43 Å². The predicted octanol–water partition coefficient (Wildman–Crippen LogP) is -0.607. The minimum atomic E-state index is -1.77. The van der Waals surface area contributed by atoms with Crippen molar-refractivity contribution in [2.45, 2.75) is 72.6 Å². The third kappa shape index (κ3) is 7.14. The first kappa shape index (κ1) is 30.3. The molecule has 1 aliphatic carbocycles. The Labute approximate surface area is 216 Å². The monoisotopic (exact) mass is 510 g/mol. The molecule has 2 aromatic rings. The van der Waals surface area contributed by atoms with Crippen molar-refractivity contribution in [3.63, 3.8) is 0 Å². The van der Waals surface area contributed by atoms with Crippen molar-refractivity contribution >= 4 is 25.7 Å². The number of rotatable bonds is 5. The van der Waals surface area contributed by atoms with Crippen molar-refractivity contribution in [3.8, 4) is 5.75 Å². The van der Waals surface area contributed by atoms with E-state index < -0.39 is 8.32 Å². The summed E-state index contributed by atoms with van der Waals surface area (Å²) in [5, 5.41) is 8.67. The summed E-state index contributed by atoms with van der Waals surface area (Å²) in [6.45, 7) is 17.9. The molecular weight excluding hydrogens is 477 g/mol. The number of halogens is 2. The summed E-state index contributed by atoms with van der Waals surface area (Å²) in [5.41, 5.74) is 3.66. The molecule has 0 heterocycles. The van der Waals surface area contributed by atoms with Crippen LogP contribution in [0.3, 0.4) is 0 Å². The van der Waals surface area contributed by atoms with E-state index in [-0.39, 0.29) is 52.1 Å². The zero-order valence-electron chi connectivity index (χ0n) is 20.0. The summed E-state index contributed by atoms with van der Waals surface area (Å²) < 4.78 is 6.65. The number of benzene rings is 2. The SMILES string of the molecule is CCCC(C)=c1c(O[Si](C)(C)C)cc2c(c1NC(C)(C)C)[C-]=c1ccccc1=2.[Cl-].[Cl-].[Ti+3]. The normalized spacial score (nSPS) is 12.8. The van der Waals surface area contributed by atoms with Gasteiger partial charge in [0.15, 0.2) is 0 Å². The molecule has 2 nitrogen and oxygen atoms in total. The van der Waals surface area contributed by atoms with Gasteiger partial charge in [0.05, 0.1) is 5.75 Å². The third-order valence-corrected chi connectivity index (χ3v) is 5.57. The van der Waals surface area contributed by atoms with E-state index in [9.17, 15) is 0 Å². The predicted molar refractivity (Wildman–Crippen MR) is 124 cm³/mol. The topological polar surface area (TPSA) is 21.3 Å². The Hall–Kier alpha value is -0.709. The van der Waals surface area contributed by atoms with Gasteiger partial charge < -0.3 is 34.6 Å². The van der Waals surface area contributed by atoms with Gasteiger partial charge in [-0.25, -0.2) is 0 Å². The molecule has 1 aliphatic rings. The van der Waals surface area contributed by atoms with Crippen molar-refractivity contribution in [1.29, 1.82) is 0 Å². The Bertz CT molecular complexity index is 1120. The van der Waals surface area contributed by atoms with Gasteiger partial charge in [-0.15, -0.1) is 27.8 Å². The molecule has 3 rings (SSSR count). The fourth-order valence-corrected chi connectivity index (χ4v) is 4.62. The van der Waals surface area contributed by atoms with E-state index in [1.165, 1.54) is 37.7 Å². The summed E-state index contributed by atoms with van der Waals surface area (Å²) >= 11 is 0. The van der Waals surface area contributed by atoms with Gasteiger partial charge in [-0.2, -0.15) is 0 Å². The first-order valence-corrected chi connectivity index (χ1v) is 13.8. The smallest absolute Gasteiger partial charge is 1.00 e. The number of nitrogens with one attached hydrogen (secondary N) is 1. The van der Waals surface area contributed by atoms with Crippen LogP contribution in [0.25, 0.3) is 11.6 Å². The first-order chi connectivity index (χ1) is 13.0. The molecule has 2 aromatic carbocycles. The van der Waals surface area contributed by atoms with Gasteiger partial charge in [-0.1, -0.05) is 48.7 Å². The van der Waals surface area contributed by atoms with Crippen LogP contribution in [0, 0.1) is 10.4 Å². The van der Waals surface area contributed by atoms with Crippen molar-refractivity contribution in [3.05, 3.63) is 56.8 Å². The summed E-state index contributed by atoms with van der Waals surface area (Å²) in [4.78, 5) is 0. The van der Waals surface area contributed by atoms with Crippen LogP contribution in [0.1, 0.15) is 53.0 Å². The van der Waals surface area contributed by atoms with E-state index in [0.717, 1.165) is 18.6 Å². The van der Waals surface area contributed by atoms with Gasteiger partial charge in [0, 0.05) is 10.8 Å².